The van der Waals surface area contributed by atoms with Crippen LogP contribution in [-0.4, -0.2) is 47.0 Å². The molecule has 3 heterocycles. The first-order valence-electron chi connectivity index (χ1n) is 11.4. The van der Waals surface area contributed by atoms with Crippen LogP contribution in [0.5, 0.6) is 0 Å². The van der Waals surface area contributed by atoms with Crippen molar-refractivity contribution in [3.05, 3.63) is 75.3 Å². The van der Waals surface area contributed by atoms with E-state index >= 15 is 0 Å². The summed E-state index contributed by atoms with van der Waals surface area (Å²) in [5.41, 5.74) is 3.88. The number of aryl methyl sites for hydroxylation is 1. The second kappa shape index (κ2) is 10.0. The molecule has 1 fully saturated rings. The lowest BCUT2D eigenvalue weighted by molar-refractivity contribution is 0.282. The highest BCUT2D eigenvalue weighted by atomic mass is 79.9. The summed E-state index contributed by atoms with van der Waals surface area (Å²) < 4.78 is 31.1. The highest BCUT2D eigenvalue weighted by molar-refractivity contribution is 9.11. The number of hydrogen-bond acceptors (Lipinski definition) is 5. The van der Waals surface area contributed by atoms with Crippen molar-refractivity contribution >= 4 is 53.3 Å². The lowest BCUT2D eigenvalue weighted by Crippen LogP contribution is -2.39. The number of rotatable bonds is 6. The summed E-state index contributed by atoms with van der Waals surface area (Å²) in [5, 5.41) is 8.04. The maximum atomic E-state index is 13.0. The van der Waals surface area contributed by atoms with Gasteiger partial charge in [0.1, 0.15) is 5.82 Å². The van der Waals surface area contributed by atoms with Crippen molar-refractivity contribution in [1.82, 2.24) is 18.9 Å². The van der Waals surface area contributed by atoms with E-state index < -0.39 is 10.0 Å². The Balaban J connectivity index is 1.30. The number of aromatic nitrogens is 3. The Bertz CT molecular complexity index is 1460. The Hall–Kier alpha value is -2.27. The van der Waals surface area contributed by atoms with Crippen LogP contribution < -0.4 is 5.32 Å². The second-order valence-electron chi connectivity index (χ2n) is 8.75. The van der Waals surface area contributed by atoms with E-state index in [0.29, 0.717) is 23.9 Å². The minimum Gasteiger partial charge on any atom is -0.370 e. The highest BCUT2D eigenvalue weighted by Crippen LogP contribution is 2.29. The minimum absolute atomic E-state index is 0.337. The summed E-state index contributed by atoms with van der Waals surface area (Å²) in [6, 6.07) is 17.0. The Labute approximate surface area is 221 Å². The first-order valence-corrected chi connectivity index (χ1v) is 14.5. The van der Waals surface area contributed by atoms with Crippen molar-refractivity contribution in [2.75, 3.05) is 25.0 Å². The summed E-state index contributed by atoms with van der Waals surface area (Å²) in [5.74, 6) is 1.22. The first-order chi connectivity index (χ1) is 16.8. The number of sulfonamides is 1. The zero-order valence-electron chi connectivity index (χ0n) is 19.2. The van der Waals surface area contributed by atoms with Crippen LogP contribution in [0, 0.1) is 12.8 Å². The monoisotopic (exact) mass is 617 g/mol. The molecule has 1 N–H and O–H groups in total. The number of piperidine rings is 1. The van der Waals surface area contributed by atoms with Crippen molar-refractivity contribution in [2.24, 2.45) is 5.92 Å². The van der Waals surface area contributed by atoms with E-state index in [4.69, 9.17) is 4.98 Å². The molecule has 2 aromatic carbocycles. The molecule has 0 spiro atoms. The summed E-state index contributed by atoms with van der Waals surface area (Å²) in [6.07, 6.45) is 3.34. The van der Waals surface area contributed by atoms with Gasteiger partial charge in [-0.05, 0) is 71.4 Å². The number of fused-ring (bicyclic) bond motifs is 1. The molecule has 0 aliphatic carbocycles. The maximum absolute atomic E-state index is 13.0. The smallest absolute Gasteiger partial charge is 0.243 e. The van der Waals surface area contributed by atoms with Gasteiger partial charge in [-0.2, -0.15) is 13.9 Å². The summed E-state index contributed by atoms with van der Waals surface area (Å²) in [7, 11) is -3.47. The second-order valence-corrected chi connectivity index (χ2v) is 12.5. The molecule has 7 nitrogen and oxygen atoms in total. The fraction of sp³-hybridized carbons (Fsp3) is 0.280. The molecule has 5 rings (SSSR count). The normalized spacial score (nSPS) is 15.5. The van der Waals surface area contributed by atoms with Crippen molar-refractivity contribution in [2.45, 2.75) is 24.7 Å². The van der Waals surface area contributed by atoms with E-state index in [9.17, 15) is 8.42 Å². The predicted octanol–water partition coefficient (Wildman–Crippen LogP) is 5.74. The average molecular weight is 619 g/mol. The van der Waals surface area contributed by atoms with Crippen LogP contribution in [0.4, 0.5) is 5.82 Å². The molecule has 0 saturated carbocycles. The maximum Gasteiger partial charge on any atom is 0.243 e. The zero-order chi connectivity index (χ0) is 24.6. The van der Waals surface area contributed by atoms with E-state index in [0.717, 1.165) is 56.6 Å². The number of benzene rings is 2. The number of anilines is 1. The number of hydrogen-bond donors (Lipinski definition) is 1. The molecule has 1 aliphatic heterocycles. The van der Waals surface area contributed by atoms with Gasteiger partial charge >= 0.3 is 0 Å². The van der Waals surface area contributed by atoms with Gasteiger partial charge < -0.3 is 5.32 Å². The fourth-order valence-electron chi connectivity index (χ4n) is 4.42. The standard InChI is InChI=1S/C25H25Br2N5O2S/c1-17-4-2-3-5-21(17)23-14-24(32-25(30-23)22(27)16-29-32)28-15-18-10-12-31(13-11-18)35(33,34)20-8-6-19(26)7-9-20/h2-9,14,16,18,28H,10-13,15H2,1H3. The highest BCUT2D eigenvalue weighted by Gasteiger charge is 2.29. The van der Waals surface area contributed by atoms with Crippen LogP contribution in [0.15, 0.2) is 74.6 Å². The van der Waals surface area contributed by atoms with Crippen LogP contribution in [0.2, 0.25) is 0 Å². The Morgan fingerprint density at radius 1 is 1.06 bits per heavy atom. The number of nitrogens with one attached hydrogen (secondary N) is 1. The Morgan fingerprint density at radius 2 is 1.77 bits per heavy atom. The van der Waals surface area contributed by atoms with E-state index in [2.05, 4.69) is 61.3 Å². The van der Waals surface area contributed by atoms with Crippen molar-refractivity contribution < 1.29 is 8.42 Å². The van der Waals surface area contributed by atoms with Crippen LogP contribution in [0.25, 0.3) is 16.9 Å². The number of nitrogens with zero attached hydrogens (tertiary/aromatic N) is 4. The summed E-state index contributed by atoms with van der Waals surface area (Å²) in [6.45, 7) is 3.84. The Morgan fingerprint density at radius 3 is 2.49 bits per heavy atom. The van der Waals surface area contributed by atoms with E-state index in [-0.39, 0.29) is 0 Å². The summed E-state index contributed by atoms with van der Waals surface area (Å²) >= 11 is 6.93. The zero-order valence-corrected chi connectivity index (χ0v) is 23.1. The molecule has 182 valence electrons. The molecule has 35 heavy (non-hydrogen) atoms. The van der Waals surface area contributed by atoms with Crippen molar-refractivity contribution in [1.29, 1.82) is 0 Å². The van der Waals surface area contributed by atoms with Crippen molar-refractivity contribution in [3.63, 3.8) is 0 Å². The van der Waals surface area contributed by atoms with Crippen LogP contribution >= 0.6 is 31.9 Å². The molecule has 0 radical (unpaired) electrons. The van der Waals surface area contributed by atoms with Gasteiger partial charge in [0.05, 0.1) is 21.3 Å². The molecule has 0 bridgehead atoms. The summed E-state index contributed by atoms with van der Waals surface area (Å²) in [4.78, 5) is 5.17. The average Bonchev–Trinajstić information content (AvgIpc) is 3.24. The van der Waals surface area contributed by atoms with Crippen LogP contribution in [-0.2, 0) is 10.0 Å². The topological polar surface area (TPSA) is 79.6 Å². The largest absolute Gasteiger partial charge is 0.370 e. The van der Waals surface area contributed by atoms with Gasteiger partial charge in [0.25, 0.3) is 0 Å². The molecule has 4 aromatic rings. The third-order valence-electron chi connectivity index (χ3n) is 6.45. The predicted molar refractivity (Wildman–Crippen MR) is 145 cm³/mol. The van der Waals surface area contributed by atoms with Gasteiger partial charge in [0.15, 0.2) is 5.65 Å². The van der Waals surface area contributed by atoms with Crippen LogP contribution in [0.3, 0.4) is 0 Å². The lowest BCUT2D eigenvalue weighted by atomic mass is 9.98. The molecule has 0 amide bonds. The molecular formula is C25H25Br2N5O2S. The van der Waals surface area contributed by atoms with Gasteiger partial charge in [-0.15, -0.1) is 0 Å². The van der Waals surface area contributed by atoms with Crippen LogP contribution in [0.1, 0.15) is 18.4 Å². The first kappa shape index (κ1) is 24.4. The van der Waals surface area contributed by atoms with E-state index in [1.807, 2.05) is 18.2 Å². The van der Waals surface area contributed by atoms with Gasteiger partial charge in [0, 0.05) is 35.7 Å². The molecule has 0 unspecified atom stereocenters. The third kappa shape index (κ3) is 5.02. The molecule has 1 aliphatic rings. The van der Waals surface area contributed by atoms with Crippen molar-refractivity contribution in [3.8, 4) is 11.3 Å². The molecule has 0 atom stereocenters. The lowest BCUT2D eigenvalue weighted by Gasteiger charge is -2.31. The Kier molecular flexibility index (Phi) is 6.98. The molecule has 10 heteroatoms. The fourth-order valence-corrected chi connectivity index (χ4v) is 6.50. The molecule has 2 aromatic heterocycles. The molecular weight excluding hydrogens is 594 g/mol. The van der Waals surface area contributed by atoms with E-state index in [1.165, 1.54) is 0 Å². The van der Waals surface area contributed by atoms with Gasteiger partial charge in [-0.3, -0.25) is 0 Å². The van der Waals surface area contributed by atoms with Gasteiger partial charge in [0.2, 0.25) is 10.0 Å². The van der Waals surface area contributed by atoms with Gasteiger partial charge in [-0.25, -0.2) is 13.4 Å². The molecule has 1 saturated heterocycles. The number of halogens is 2. The quantitative estimate of drug-likeness (QED) is 0.298. The third-order valence-corrected chi connectivity index (χ3v) is 9.45. The van der Waals surface area contributed by atoms with E-state index in [1.54, 1.807) is 39.3 Å². The van der Waals surface area contributed by atoms with Gasteiger partial charge in [-0.1, -0.05) is 40.2 Å². The minimum atomic E-state index is -3.47. The SMILES string of the molecule is Cc1ccccc1-c1cc(NCC2CCN(S(=O)(=O)c3ccc(Br)cc3)CC2)n2ncc(Br)c2n1.